The van der Waals surface area contributed by atoms with Crippen molar-refractivity contribution >= 4 is 23.2 Å². The molecule has 1 fully saturated rings. The second kappa shape index (κ2) is 7.83. The third kappa shape index (κ3) is 4.83. The van der Waals surface area contributed by atoms with Crippen LogP contribution in [0, 0.1) is 0 Å². The van der Waals surface area contributed by atoms with Crippen molar-refractivity contribution in [3.63, 3.8) is 0 Å². The third-order valence-corrected chi connectivity index (χ3v) is 4.02. The van der Waals surface area contributed by atoms with E-state index in [-0.39, 0.29) is 18.2 Å². The number of rotatable bonds is 7. The van der Waals surface area contributed by atoms with Gasteiger partial charge < -0.3 is 15.0 Å². The molecule has 0 aromatic heterocycles. The van der Waals surface area contributed by atoms with Crippen LogP contribution in [0.3, 0.4) is 0 Å². The minimum atomic E-state index is -0.103. The molecular formula is C20H22N2O3. The highest BCUT2D eigenvalue weighted by molar-refractivity contribution is 5.94. The summed E-state index contributed by atoms with van der Waals surface area (Å²) in [5.41, 5.74) is 1.59. The Balaban J connectivity index is 1.49. The first-order chi connectivity index (χ1) is 12.1. The Morgan fingerprint density at radius 2 is 1.76 bits per heavy atom. The van der Waals surface area contributed by atoms with Crippen LogP contribution < -0.4 is 15.0 Å². The molecular weight excluding hydrogens is 316 g/mol. The predicted molar refractivity (Wildman–Crippen MR) is 97.8 cm³/mol. The molecule has 2 amide bonds. The molecule has 5 nitrogen and oxygen atoms in total. The Hall–Kier alpha value is -2.82. The highest BCUT2D eigenvalue weighted by atomic mass is 16.5. The SMILES string of the molecule is CC(=O)N(c1ccc(NC(=O)CCOc2ccccc2)cc1)C1CC1. The van der Waals surface area contributed by atoms with E-state index in [0.29, 0.717) is 18.3 Å². The van der Waals surface area contributed by atoms with Crippen molar-refractivity contribution in [2.75, 3.05) is 16.8 Å². The van der Waals surface area contributed by atoms with Crippen molar-refractivity contribution in [1.82, 2.24) is 0 Å². The first-order valence-electron chi connectivity index (χ1n) is 8.51. The minimum Gasteiger partial charge on any atom is -0.493 e. The number of nitrogens with one attached hydrogen (secondary N) is 1. The number of para-hydroxylation sites is 1. The van der Waals surface area contributed by atoms with Gasteiger partial charge in [0.15, 0.2) is 0 Å². The molecule has 130 valence electrons. The molecule has 5 heteroatoms. The van der Waals surface area contributed by atoms with E-state index in [4.69, 9.17) is 4.74 Å². The van der Waals surface area contributed by atoms with Gasteiger partial charge in [0.2, 0.25) is 11.8 Å². The van der Waals surface area contributed by atoms with Crippen LogP contribution in [0.4, 0.5) is 11.4 Å². The standard InChI is InChI=1S/C20H22N2O3/c1-15(23)22(18-11-12-18)17-9-7-16(8-10-17)21-20(24)13-14-25-19-5-3-2-4-6-19/h2-10,18H,11-14H2,1H3,(H,21,24). The molecule has 1 N–H and O–H groups in total. The maximum atomic E-state index is 12.0. The van der Waals surface area contributed by atoms with Gasteiger partial charge in [-0.05, 0) is 49.2 Å². The van der Waals surface area contributed by atoms with Crippen LogP contribution in [-0.4, -0.2) is 24.5 Å². The summed E-state index contributed by atoms with van der Waals surface area (Å²) < 4.78 is 5.52. The number of hydrogen-bond donors (Lipinski definition) is 1. The fourth-order valence-corrected chi connectivity index (χ4v) is 2.69. The number of benzene rings is 2. The van der Waals surface area contributed by atoms with Gasteiger partial charge in [-0.25, -0.2) is 0 Å². The Bertz CT molecular complexity index is 724. The van der Waals surface area contributed by atoms with E-state index >= 15 is 0 Å². The van der Waals surface area contributed by atoms with Gasteiger partial charge in [-0.3, -0.25) is 9.59 Å². The first kappa shape index (κ1) is 17.0. The number of carbonyl (C=O) groups excluding carboxylic acids is 2. The van der Waals surface area contributed by atoms with Gasteiger partial charge in [0, 0.05) is 24.3 Å². The van der Waals surface area contributed by atoms with Gasteiger partial charge in [0.05, 0.1) is 13.0 Å². The van der Waals surface area contributed by atoms with Crippen LogP contribution >= 0.6 is 0 Å². The molecule has 0 unspecified atom stereocenters. The molecule has 0 heterocycles. The lowest BCUT2D eigenvalue weighted by molar-refractivity contribution is -0.117. The number of ether oxygens (including phenoxy) is 1. The van der Waals surface area contributed by atoms with Gasteiger partial charge >= 0.3 is 0 Å². The average molecular weight is 338 g/mol. The second-order valence-corrected chi connectivity index (χ2v) is 6.13. The average Bonchev–Trinajstić information content (AvgIpc) is 3.42. The number of anilines is 2. The summed E-state index contributed by atoms with van der Waals surface area (Å²) in [4.78, 5) is 25.6. The quantitative estimate of drug-likeness (QED) is 0.839. The molecule has 0 radical (unpaired) electrons. The van der Waals surface area contributed by atoms with Crippen LogP contribution in [-0.2, 0) is 9.59 Å². The Labute approximate surface area is 147 Å². The molecule has 25 heavy (non-hydrogen) atoms. The molecule has 2 aromatic rings. The van der Waals surface area contributed by atoms with E-state index < -0.39 is 0 Å². The summed E-state index contributed by atoms with van der Waals surface area (Å²) in [6.45, 7) is 1.91. The molecule has 0 atom stereocenters. The predicted octanol–water partition coefficient (Wildman–Crippen LogP) is 3.61. The molecule has 0 bridgehead atoms. The molecule has 1 saturated carbocycles. The van der Waals surface area contributed by atoms with Gasteiger partial charge in [0.1, 0.15) is 5.75 Å². The molecule has 3 rings (SSSR count). The van der Waals surface area contributed by atoms with Crippen molar-refractivity contribution in [3.8, 4) is 5.75 Å². The molecule has 0 saturated heterocycles. The van der Waals surface area contributed by atoms with Crippen molar-refractivity contribution in [2.45, 2.75) is 32.2 Å². The number of amides is 2. The lowest BCUT2D eigenvalue weighted by Crippen LogP contribution is -2.30. The molecule has 0 aliphatic heterocycles. The van der Waals surface area contributed by atoms with Gasteiger partial charge in [-0.2, -0.15) is 0 Å². The zero-order valence-electron chi connectivity index (χ0n) is 14.3. The molecule has 1 aliphatic carbocycles. The van der Waals surface area contributed by atoms with E-state index in [9.17, 15) is 9.59 Å². The van der Waals surface area contributed by atoms with Crippen LogP contribution in [0.2, 0.25) is 0 Å². The fraction of sp³-hybridized carbons (Fsp3) is 0.300. The van der Waals surface area contributed by atoms with Crippen molar-refractivity contribution in [3.05, 3.63) is 54.6 Å². The summed E-state index contributed by atoms with van der Waals surface area (Å²) in [7, 11) is 0. The van der Waals surface area contributed by atoms with Crippen molar-refractivity contribution < 1.29 is 14.3 Å². The number of nitrogens with zero attached hydrogens (tertiary/aromatic N) is 1. The fourth-order valence-electron chi connectivity index (χ4n) is 2.69. The first-order valence-corrected chi connectivity index (χ1v) is 8.51. The maximum Gasteiger partial charge on any atom is 0.227 e. The molecule has 0 spiro atoms. The normalized spacial score (nSPS) is 13.2. The summed E-state index contributed by atoms with van der Waals surface area (Å²) in [6, 6.07) is 17.1. The van der Waals surface area contributed by atoms with E-state index in [2.05, 4.69) is 5.32 Å². The van der Waals surface area contributed by atoms with Crippen molar-refractivity contribution in [2.24, 2.45) is 0 Å². The monoisotopic (exact) mass is 338 g/mol. The minimum absolute atomic E-state index is 0.0531. The summed E-state index contributed by atoms with van der Waals surface area (Å²) in [5.74, 6) is 0.704. The highest BCUT2D eigenvalue weighted by Gasteiger charge is 2.31. The zero-order chi connectivity index (χ0) is 17.6. The Kier molecular flexibility index (Phi) is 5.33. The summed E-state index contributed by atoms with van der Waals surface area (Å²) >= 11 is 0. The van der Waals surface area contributed by atoms with Gasteiger partial charge in [-0.15, -0.1) is 0 Å². The lowest BCUT2D eigenvalue weighted by atomic mass is 10.2. The van der Waals surface area contributed by atoms with Gasteiger partial charge in [-0.1, -0.05) is 18.2 Å². The maximum absolute atomic E-state index is 12.0. The molecule has 2 aromatic carbocycles. The summed E-state index contributed by atoms with van der Waals surface area (Å²) in [6.07, 6.45) is 2.39. The van der Waals surface area contributed by atoms with E-state index in [1.807, 2.05) is 59.5 Å². The third-order valence-electron chi connectivity index (χ3n) is 4.02. The zero-order valence-corrected chi connectivity index (χ0v) is 14.3. The highest BCUT2D eigenvalue weighted by Crippen LogP contribution is 2.32. The van der Waals surface area contributed by atoms with Crippen molar-refractivity contribution in [1.29, 1.82) is 0 Å². The second-order valence-electron chi connectivity index (χ2n) is 6.13. The topological polar surface area (TPSA) is 58.6 Å². The van der Waals surface area contributed by atoms with Crippen LogP contribution in [0.1, 0.15) is 26.2 Å². The van der Waals surface area contributed by atoms with E-state index in [0.717, 1.165) is 24.3 Å². The Morgan fingerprint density at radius 3 is 2.36 bits per heavy atom. The van der Waals surface area contributed by atoms with Crippen LogP contribution in [0.15, 0.2) is 54.6 Å². The van der Waals surface area contributed by atoms with E-state index in [1.54, 1.807) is 6.92 Å². The number of carbonyl (C=O) groups is 2. The van der Waals surface area contributed by atoms with Crippen LogP contribution in [0.25, 0.3) is 0 Å². The van der Waals surface area contributed by atoms with E-state index in [1.165, 1.54) is 0 Å². The largest absolute Gasteiger partial charge is 0.493 e. The molecule has 1 aliphatic rings. The lowest BCUT2D eigenvalue weighted by Gasteiger charge is -2.21. The Morgan fingerprint density at radius 1 is 1.08 bits per heavy atom. The van der Waals surface area contributed by atoms with Gasteiger partial charge in [0.25, 0.3) is 0 Å². The smallest absolute Gasteiger partial charge is 0.227 e. The summed E-state index contributed by atoms with van der Waals surface area (Å²) in [5, 5.41) is 2.85. The number of hydrogen-bond acceptors (Lipinski definition) is 3. The van der Waals surface area contributed by atoms with Crippen LogP contribution in [0.5, 0.6) is 5.75 Å².